The number of hydrogen-bond acceptors (Lipinski definition) is 5. The van der Waals surface area contributed by atoms with E-state index >= 15 is 0 Å². The van der Waals surface area contributed by atoms with E-state index in [1.165, 1.54) is 0 Å². The SMILES string of the molecule is N#Cc1ccc(-c2cc(-c3ccccc3)nc(-c3ccc(-c4nc(-c5ccccc5)c(-c5ccccc5)nc4-c4ccccc4)cc3)n2)cc1. The Balaban J connectivity index is 1.27. The summed E-state index contributed by atoms with van der Waals surface area (Å²) in [5.41, 5.74) is 12.2. The van der Waals surface area contributed by atoms with E-state index in [9.17, 15) is 5.26 Å². The third kappa shape index (κ3) is 6.17. The number of nitrogens with zero attached hydrogens (tertiary/aromatic N) is 5. The molecule has 0 unspecified atom stereocenters. The molecule has 0 aliphatic heterocycles. The summed E-state index contributed by atoms with van der Waals surface area (Å²) in [4.78, 5) is 20.7. The third-order valence-corrected chi connectivity index (χ3v) is 8.56. The van der Waals surface area contributed by atoms with Crippen molar-refractivity contribution in [2.75, 3.05) is 0 Å². The maximum absolute atomic E-state index is 9.33. The van der Waals surface area contributed by atoms with Crippen LogP contribution in [0.15, 0.2) is 176 Å². The van der Waals surface area contributed by atoms with Crippen LogP contribution in [0.2, 0.25) is 0 Å². The monoisotopic (exact) mass is 639 g/mol. The van der Waals surface area contributed by atoms with Crippen molar-refractivity contribution in [1.29, 1.82) is 5.26 Å². The Hall–Kier alpha value is -7.03. The average Bonchev–Trinajstić information content (AvgIpc) is 3.21. The Morgan fingerprint density at radius 2 is 0.640 bits per heavy atom. The van der Waals surface area contributed by atoms with E-state index in [1.807, 2.05) is 127 Å². The van der Waals surface area contributed by atoms with Gasteiger partial charge in [-0.15, -0.1) is 0 Å². The zero-order chi connectivity index (χ0) is 33.7. The van der Waals surface area contributed by atoms with Gasteiger partial charge in [0.05, 0.1) is 45.8 Å². The Morgan fingerprint density at radius 1 is 0.320 bits per heavy atom. The number of aromatic nitrogens is 4. The van der Waals surface area contributed by atoms with Crippen molar-refractivity contribution in [3.05, 3.63) is 181 Å². The summed E-state index contributed by atoms with van der Waals surface area (Å²) < 4.78 is 0. The summed E-state index contributed by atoms with van der Waals surface area (Å²) in [6, 6.07) is 60.7. The first-order chi connectivity index (χ1) is 24.7. The molecule has 0 saturated heterocycles. The topological polar surface area (TPSA) is 75.3 Å². The molecule has 234 valence electrons. The fourth-order valence-corrected chi connectivity index (χ4v) is 6.00. The molecule has 0 fully saturated rings. The number of nitriles is 1. The van der Waals surface area contributed by atoms with Gasteiger partial charge in [-0.05, 0) is 18.2 Å². The molecule has 2 heterocycles. The maximum Gasteiger partial charge on any atom is 0.160 e. The predicted octanol–water partition coefficient (Wildman–Crippen LogP) is 10.8. The van der Waals surface area contributed by atoms with Gasteiger partial charge in [0.25, 0.3) is 0 Å². The molecule has 0 bridgehead atoms. The van der Waals surface area contributed by atoms with Crippen LogP contribution >= 0.6 is 0 Å². The third-order valence-electron chi connectivity index (χ3n) is 8.56. The summed E-state index contributed by atoms with van der Waals surface area (Å²) >= 11 is 0. The standard InChI is InChI=1S/C45H29N5/c46-30-31-21-23-33(24-22-31)40-29-39(32-13-5-1-6-14-32)47-45(48-40)38-27-25-37(26-28-38)44-43(36-19-11-4-12-20-36)49-41(34-15-7-2-8-16-34)42(50-44)35-17-9-3-10-18-35/h1-29H. The highest BCUT2D eigenvalue weighted by molar-refractivity contribution is 5.87. The fraction of sp³-hybridized carbons (Fsp3) is 0. The Labute approximate surface area is 290 Å². The number of hydrogen-bond donors (Lipinski definition) is 0. The summed E-state index contributed by atoms with van der Waals surface area (Å²) in [7, 11) is 0. The van der Waals surface area contributed by atoms with Crippen molar-refractivity contribution in [2.24, 2.45) is 0 Å². The molecular weight excluding hydrogens is 611 g/mol. The normalized spacial score (nSPS) is 10.8. The molecule has 0 amide bonds. The summed E-state index contributed by atoms with van der Waals surface area (Å²) in [5, 5.41) is 9.33. The summed E-state index contributed by atoms with van der Waals surface area (Å²) in [6.45, 7) is 0. The molecule has 8 aromatic rings. The van der Waals surface area contributed by atoms with Crippen LogP contribution in [0.4, 0.5) is 0 Å². The second kappa shape index (κ2) is 13.6. The van der Waals surface area contributed by atoms with Gasteiger partial charge >= 0.3 is 0 Å². The van der Waals surface area contributed by atoms with E-state index in [1.54, 1.807) is 0 Å². The zero-order valence-electron chi connectivity index (χ0n) is 27.0. The van der Waals surface area contributed by atoms with Gasteiger partial charge in [0.2, 0.25) is 0 Å². The van der Waals surface area contributed by atoms with Crippen LogP contribution in [0.1, 0.15) is 5.56 Å². The van der Waals surface area contributed by atoms with Gasteiger partial charge in [0.1, 0.15) is 0 Å². The van der Waals surface area contributed by atoms with Crippen LogP contribution in [0.5, 0.6) is 0 Å². The van der Waals surface area contributed by atoms with E-state index < -0.39 is 0 Å². The quantitative estimate of drug-likeness (QED) is 0.173. The van der Waals surface area contributed by atoms with Gasteiger partial charge in [-0.25, -0.2) is 19.9 Å². The molecule has 0 atom stereocenters. The van der Waals surface area contributed by atoms with Crippen LogP contribution in [0.3, 0.4) is 0 Å². The van der Waals surface area contributed by atoms with Crippen molar-refractivity contribution in [3.8, 4) is 85.0 Å². The molecule has 0 radical (unpaired) electrons. The Kier molecular flexibility index (Phi) is 8.25. The van der Waals surface area contributed by atoms with Gasteiger partial charge in [-0.3, -0.25) is 0 Å². The van der Waals surface area contributed by atoms with Crippen LogP contribution in [0.25, 0.3) is 78.9 Å². The lowest BCUT2D eigenvalue weighted by atomic mass is 9.98. The van der Waals surface area contributed by atoms with Crippen molar-refractivity contribution in [2.45, 2.75) is 0 Å². The molecule has 0 saturated carbocycles. The second-order valence-electron chi connectivity index (χ2n) is 11.8. The molecule has 8 rings (SSSR count). The average molecular weight is 640 g/mol. The highest BCUT2D eigenvalue weighted by Gasteiger charge is 2.20. The first-order valence-electron chi connectivity index (χ1n) is 16.4. The van der Waals surface area contributed by atoms with E-state index in [0.29, 0.717) is 11.4 Å². The minimum atomic E-state index is 0.604. The molecule has 5 nitrogen and oxygen atoms in total. The molecule has 2 aromatic heterocycles. The summed E-state index contributed by atoms with van der Waals surface area (Å²) in [6.07, 6.45) is 0. The lowest BCUT2D eigenvalue weighted by Crippen LogP contribution is -2.01. The van der Waals surface area contributed by atoms with Crippen molar-refractivity contribution < 1.29 is 0 Å². The van der Waals surface area contributed by atoms with Crippen LogP contribution in [0, 0.1) is 11.3 Å². The molecule has 6 aromatic carbocycles. The van der Waals surface area contributed by atoms with Crippen LogP contribution < -0.4 is 0 Å². The predicted molar refractivity (Wildman–Crippen MR) is 200 cm³/mol. The largest absolute Gasteiger partial charge is 0.243 e. The molecular formula is C45H29N5. The van der Waals surface area contributed by atoms with Crippen molar-refractivity contribution in [3.63, 3.8) is 0 Å². The van der Waals surface area contributed by atoms with E-state index in [2.05, 4.69) is 54.6 Å². The van der Waals surface area contributed by atoms with Crippen molar-refractivity contribution in [1.82, 2.24) is 19.9 Å². The zero-order valence-corrected chi connectivity index (χ0v) is 27.0. The first-order valence-corrected chi connectivity index (χ1v) is 16.4. The van der Waals surface area contributed by atoms with Gasteiger partial charge in [0, 0.05) is 38.9 Å². The Morgan fingerprint density at radius 3 is 1.04 bits per heavy atom. The van der Waals surface area contributed by atoms with Gasteiger partial charge < -0.3 is 0 Å². The highest BCUT2D eigenvalue weighted by atomic mass is 14.9. The van der Waals surface area contributed by atoms with Crippen molar-refractivity contribution >= 4 is 0 Å². The molecule has 0 N–H and O–H groups in total. The lowest BCUT2D eigenvalue weighted by molar-refractivity contribution is 1.18. The van der Waals surface area contributed by atoms with Crippen LogP contribution in [-0.4, -0.2) is 19.9 Å². The smallest absolute Gasteiger partial charge is 0.160 e. The minimum absolute atomic E-state index is 0.604. The fourth-order valence-electron chi connectivity index (χ4n) is 6.00. The van der Waals surface area contributed by atoms with E-state index in [-0.39, 0.29) is 0 Å². The van der Waals surface area contributed by atoms with Gasteiger partial charge in [-0.1, -0.05) is 158 Å². The molecule has 0 aliphatic rings. The van der Waals surface area contributed by atoms with E-state index in [0.717, 1.165) is 73.1 Å². The minimum Gasteiger partial charge on any atom is -0.243 e. The number of rotatable bonds is 7. The maximum atomic E-state index is 9.33. The second-order valence-corrected chi connectivity index (χ2v) is 11.8. The van der Waals surface area contributed by atoms with Gasteiger partial charge in [0.15, 0.2) is 5.82 Å². The first kappa shape index (κ1) is 30.3. The highest BCUT2D eigenvalue weighted by Crippen LogP contribution is 2.38. The molecule has 5 heteroatoms. The number of benzene rings is 6. The molecule has 50 heavy (non-hydrogen) atoms. The molecule has 0 spiro atoms. The lowest BCUT2D eigenvalue weighted by Gasteiger charge is -2.16. The van der Waals surface area contributed by atoms with Crippen LogP contribution in [-0.2, 0) is 0 Å². The molecule has 0 aliphatic carbocycles. The Bertz CT molecular complexity index is 2440. The van der Waals surface area contributed by atoms with Gasteiger partial charge in [-0.2, -0.15) is 5.26 Å². The van der Waals surface area contributed by atoms with E-state index in [4.69, 9.17) is 19.9 Å². The summed E-state index contributed by atoms with van der Waals surface area (Å²) in [5.74, 6) is 0.607.